The molecule has 98 valence electrons. The van der Waals surface area contributed by atoms with Crippen molar-refractivity contribution >= 4 is 0 Å². The van der Waals surface area contributed by atoms with Crippen LogP contribution in [0.4, 0.5) is 0 Å². The molecule has 0 bridgehead atoms. The summed E-state index contributed by atoms with van der Waals surface area (Å²) < 4.78 is 5.68. The Labute approximate surface area is 112 Å². The number of nitrogens with one attached hydrogen (secondary N) is 1. The quantitative estimate of drug-likeness (QED) is 0.916. The van der Waals surface area contributed by atoms with Crippen LogP contribution >= 0.6 is 0 Å². The van der Waals surface area contributed by atoms with Crippen molar-refractivity contribution < 1.29 is 4.74 Å². The second-order valence-electron chi connectivity index (χ2n) is 4.72. The molecule has 19 heavy (non-hydrogen) atoms. The van der Waals surface area contributed by atoms with E-state index in [0.29, 0.717) is 11.7 Å². The van der Waals surface area contributed by atoms with Crippen molar-refractivity contribution in [3.05, 3.63) is 48.5 Å². The molecule has 0 spiro atoms. The van der Waals surface area contributed by atoms with Crippen molar-refractivity contribution in [2.75, 3.05) is 13.1 Å². The number of hydrogen-bond donors (Lipinski definition) is 1. The summed E-state index contributed by atoms with van der Waals surface area (Å²) in [5.74, 6) is 2.90. The minimum absolute atomic E-state index is 0.479. The van der Waals surface area contributed by atoms with E-state index in [0.717, 1.165) is 37.5 Å². The van der Waals surface area contributed by atoms with E-state index in [-0.39, 0.29) is 0 Å². The molecule has 4 nitrogen and oxygen atoms in total. The molecule has 0 radical (unpaired) electrons. The smallest absolute Gasteiger partial charge is 0.164 e. The van der Waals surface area contributed by atoms with E-state index in [2.05, 4.69) is 15.3 Å². The fourth-order valence-corrected chi connectivity index (χ4v) is 2.29. The highest BCUT2D eigenvalue weighted by atomic mass is 16.5. The van der Waals surface area contributed by atoms with Gasteiger partial charge in [-0.25, -0.2) is 9.97 Å². The first-order chi connectivity index (χ1) is 9.42. The van der Waals surface area contributed by atoms with E-state index < -0.39 is 0 Å². The van der Waals surface area contributed by atoms with Crippen molar-refractivity contribution in [2.45, 2.75) is 18.8 Å². The van der Waals surface area contributed by atoms with Crippen molar-refractivity contribution in [2.24, 2.45) is 0 Å². The van der Waals surface area contributed by atoms with E-state index in [4.69, 9.17) is 4.74 Å². The van der Waals surface area contributed by atoms with Crippen LogP contribution in [0.1, 0.15) is 24.6 Å². The van der Waals surface area contributed by atoms with Crippen molar-refractivity contribution in [3.8, 4) is 11.5 Å². The molecule has 0 atom stereocenters. The van der Waals surface area contributed by atoms with Gasteiger partial charge in [0.2, 0.25) is 0 Å². The highest BCUT2D eigenvalue weighted by Gasteiger charge is 2.17. The number of para-hydroxylation sites is 1. The molecule has 2 aromatic rings. The molecule has 1 aromatic carbocycles. The SMILES string of the molecule is c1ccc(Oc2cnc(C3CCNCC3)nc2)cc1. The lowest BCUT2D eigenvalue weighted by molar-refractivity contribution is 0.438. The summed E-state index contributed by atoms with van der Waals surface area (Å²) in [4.78, 5) is 8.87. The highest BCUT2D eigenvalue weighted by molar-refractivity contribution is 5.27. The Kier molecular flexibility index (Phi) is 3.70. The maximum absolute atomic E-state index is 5.68. The fraction of sp³-hybridized carbons (Fsp3) is 0.333. The highest BCUT2D eigenvalue weighted by Crippen LogP contribution is 2.24. The number of piperidine rings is 1. The zero-order valence-electron chi connectivity index (χ0n) is 10.7. The number of benzene rings is 1. The summed E-state index contributed by atoms with van der Waals surface area (Å²) in [7, 11) is 0. The van der Waals surface area contributed by atoms with Gasteiger partial charge in [-0.1, -0.05) is 18.2 Å². The first kappa shape index (κ1) is 12.1. The minimum atomic E-state index is 0.479. The van der Waals surface area contributed by atoms with Crippen LogP contribution in [-0.2, 0) is 0 Å². The van der Waals surface area contributed by atoms with Gasteiger partial charge in [0.1, 0.15) is 11.6 Å². The summed E-state index contributed by atoms with van der Waals surface area (Å²) in [5.41, 5.74) is 0. The van der Waals surface area contributed by atoms with Crippen LogP contribution in [0.2, 0.25) is 0 Å². The van der Waals surface area contributed by atoms with Gasteiger partial charge in [0.15, 0.2) is 5.75 Å². The third kappa shape index (κ3) is 3.09. The Bertz CT molecular complexity index is 507. The molecule has 1 aliphatic heterocycles. The molecular weight excluding hydrogens is 238 g/mol. The van der Waals surface area contributed by atoms with Crippen molar-refractivity contribution in [1.82, 2.24) is 15.3 Å². The number of nitrogens with zero attached hydrogens (tertiary/aromatic N) is 2. The second-order valence-corrected chi connectivity index (χ2v) is 4.72. The predicted molar refractivity (Wildman–Crippen MR) is 73.4 cm³/mol. The fourth-order valence-electron chi connectivity index (χ4n) is 2.29. The average Bonchev–Trinajstić information content (AvgIpc) is 2.50. The summed E-state index contributed by atoms with van der Waals surface area (Å²) in [6.45, 7) is 2.10. The maximum Gasteiger partial charge on any atom is 0.164 e. The summed E-state index contributed by atoms with van der Waals surface area (Å²) in [6.07, 6.45) is 5.74. The third-order valence-electron chi connectivity index (χ3n) is 3.33. The van der Waals surface area contributed by atoms with E-state index in [9.17, 15) is 0 Å². The molecule has 0 aliphatic carbocycles. The molecule has 0 saturated carbocycles. The zero-order chi connectivity index (χ0) is 12.9. The number of hydrogen-bond acceptors (Lipinski definition) is 4. The summed E-state index contributed by atoms with van der Waals surface area (Å²) in [5, 5.41) is 3.35. The Morgan fingerprint density at radius 3 is 2.32 bits per heavy atom. The number of rotatable bonds is 3. The zero-order valence-corrected chi connectivity index (χ0v) is 10.7. The molecular formula is C15H17N3O. The molecule has 1 aromatic heterocycles. The van der Waals surface area contributed by atoms with E-state index >= 15 is 0 Å². The molecule has 3 rings (SSSR count). The first-order valence-electron chi connectivity index (χ1n) is 6.67. The average molecular weight is 255 g/mol. The van der Waals surface area contributed by atoms with Gasteiger partial charge in [-0.15, -0.1) is 0 Å². The Balaban J connectivity index is 1.68. The van der Waals surface area contributed by atoms with Crippen LogP contribution in [0.3, 0.4) is 0 Å². The monoisotopic (exact) mass is 255 g/mol. The second kappa shape index (κ2) is 5.80. The van der Waals surface area contributed by atoms with Crippen LogP contribution in [0.5, 0.6) is 11.5 Å². The van der Waals surface area contributed by atoms with Crippen LogP contribution in [0.25, 0.3) is 0 Å². The number of aromatic nitrogens is 2. The summed E-state index contributed by atoms with van der Waals surface area (Å²) in [6, 6.07) is 9.68. The van der Waals surface area contributed by atoms with Gasteiger partial charge in [-0.2, -0.15) is 0 Å². The molecule has 2 heterocycles. The van der Waals surface area contributed by atoms with Gasteiger partial charge in [0.05, 0.1) is 12.4 Å². The molecule has 4 heteroatoms. The lowest BCUT2D eigenvalue weighted by atomic mass is 9.97. The maximum atomic E-state index is 5.68. The minimum Gasteiger partial charge on any atom is -0.454 e. The lowest BCUT2D eigenvalue weighted by Crippen LogP contribution is -2.27. The van der Waals surface area contributed by atoms with Crippen LogP contribution < -0.4 is 10.1 Å². The van der Waals surface area contributed by atoms with Gasteiger partial charge in [-0.3, -0.25) is 0 Å². The number of ether oxygens (including phenoxy) is 1. The Morgan fingerprint density at radius 1 is 0.947 bits per heavy atom. The van der Waals surface area contributed by atoms with E-state index in [1.54, 1.807) is 12.4 Å². The molecule has 0 unspecified atom stereocenters. The van der Waals surface area contributed by atoms with Gasteiger partial charge < -0.3 is 10.1 Å². The third-order valence-corrected chi connectivity index (χ3v) is 3.33. The van der Waals surface area contributed by atoms with E-state index in [1.807, 2.05) is 30.3 Å². The van der Waals surface area contributed by atoms with Crippen LogP contribution in [-0.4, -0.2) is 23.1 Å². The molecule has 1 saturated heterocycles. The lowest BCUT2D eigenvalue weighted by Gasteiger charge is -2.21. The van der Waals surface area contributed by atoms with Gasteiger partial charge in [-0.05, 0) is 38.1 Å². The Hall–Kier alpha value is -1.94. The molecule has 1 N–H and O–H groups in total. The molecule has 0 amide bonds. The van der Waals surface area contributed by atoms with Crippen LogP contribution in [0.15, 0.2) is 42.7 Å². The van der Waals surface area contributed by atoms with Gasteiger partial charge in [0.25, 0.3) is 0 Å². The standard InChI is InChI=1S/C15H17N3O/c1-2-4-13(5-3-1)19-14-10-17-15(18-11-14)12-6-8-16-9-7-12/h1-5,10-12,16H,6-9H2. The van der Waals surface area contributed by atoms with Crippen molar-refractivity contribution in [3.63, 3.8) is 0 Å². The van der Waals surface area contributed by atoms with Gasteiger partial charge >= 0.3 is 0 Å². The largest absolute Gasteiger partial charge is 0.454 e. The molecule has 1 aliphatic rings. The van der Waals surface area contributed by atoms with E-state index in [1.165, 1.54) is 0 Å². The topological polar surface area (TPSA) is 47.0 Å². The normalized spacial score (nSPS) is 16.2. The molecule has 1 fully saturated rings. The van der Waals surface area contributed by atoms with Crippen LogP contribution in [0, 0.1) is 0 Å². The Morgan fingerprint density at radius 2 is 1.63 bits per heavy atom. The summed E-state index contributed by atoms with van der Waals surface area (Å²) >= 11 is 0. The van der Waals surface area contributed by atoms with Gasteiger partial charge in [0, 0.05) is 5.92 Å². The first-order valence-corrected chi connectivity index (χ1v) is 6.67. The van der Waals surface area contributed by atoms with Crippen molar-refractivity contribution in [1.29, 1.82) is 0 Å². The predicted octanol–water partition coefficient (Wildman–Crippen LogP) is 2.74.